The third kappa shape index (κ3) is 4.41. The molecule has 4 heteroatoms. The largest absolute Gasteiger partial charge is 0.348 e. The molecule has 1 aromatic rings. The Hall–Kier alpha value is -1.68. The van der Waals surface area contributed by atoms with E-state index in [0.717, 1.165) is 25.7 Å². The monoisotopic (exact) mass is 360 g/mol. The maximum absolute atomic E-state index is 12.3. The maximum Gasteiger partial charge on any atom is 0.270 e. The summed E-state index contributed by atoms with van der Waals surface area (Å²) in [6.45, 7) is 5.90. The van der Waals surface area contributed by atoms with E-state index in [9.17, 15) is 4.79 Å². The first-order valence-corrected chi connectivity index (χ1v) is 8.36. The number of pyridine rings is 1. The number of hydrogen-bond acceptors (Lipinski definition) is 2. The molecule has 1 aromatic heterocycles. The van der Waals surface area contributed by atoms with Crippen LogP contribution in [0, 0.1) is 0 Å². The molecule has 0 saturated heterocycles. The second kappa shape index (κ2) is 8.08. The van der Waals surface area contributed by atoms with Gasteiger partial charge in [0.1, 0.15) is 10.3 Å². The minimum Gasteiger partial charge on any atom is -0.348 e. The highest BCUT2D eigenvalue weighted by atomic mass is 79.9. The Morgan fingerprint density at radius 3 is 3.05 bits per heavy atom. The van der Waals surface area contributed by atoms with Crippen molar-refractivity contribution in [3.8, 4) is 0 Å². The Morgan fingerprint density at radius 1 is 1.55 bits per heavy atom. The molecule has 2 rings (SSSR count). The standard InChI is InChI=1S/C18H21BrN2O/c1-3-5-7-14-12-15(11-10-13(14)4-2)20-18(22)16-8-6-9-17(19)21-16/h3,5-9,15H,1,4,10-12H2,2H3,(H,20,22)/b7-5-. The van der Waals surface area contributed by atoms with Crippen LogP contribution in [0.4, 0.5) is 0 Å². The lowest BCUT2D eigenvalue weighted by atomic mass is 9.86. The molecule has 0 saturated carbocycles. The van der Waals surface area contributed by atoms with Crippen LogP contribution in [0.5, 0.6) is 0 Å². The van der Waals surface area contributed by atoms with Crippen LogP contribution in [0.25, 0.3) is 0 Å². The number of rotatable bonds is 5. The number of aromatic nitrogens is 1. The highest BCUT2D eigenvalue weighted by molar-refractivity contribution is 9.10. The van der Waals surface area contributed by atoms with Gasteiger partial charge in [-0.25, -0.2) is 4.98 Å². The lowest BCUT2D eigenvalue weighted by Gasteiger charge is -2.26. The zero-order valence-corrected chi connectivity index (χ0v) is 14.4. The minimum absolute atomic E-state index is 0.113. The van der Waals surface area contributed by atoms with Crippen molar-refractivity contribution < 1.29 is 4.79 Å². The van der Waals surface area contributed by atoms with Gasteiger partial charge in [-0.1, -0.05) is 43.4 Å². The topological polar surface area (TPSA) is 42.0 Å². The van der Waals surface area contributed by atoms with Crippen LogP contribution in [0.15, 0.2) is 58.8 Å². The average Bonchev–Trinajstić information content (AvgIpc) is 2.53. The first-order valence-electron chi connectivity index (χ1n) is 7.57. The molecule has 3 nitrogen and oxygen atoms in total. The van der Waals surface area contributed by atoms with Gasteiger partial charge in [-0.3, -0.25) is 4.79 Å². The molecule has 1 aliphatic carbocycles. The van der Waals surface area contributed by atoms with Gasteiger partial charge in [0.05, 0.1) is 0 Å². The normalized spacial score (nSPS) is 18.5. The molecule has 0 aromatic carbocycles. The molecule has 1 heterocycles. The van der Waals surface area contributed by atoms with Crippen LogP contribution in [-0.4, -0.2) is 16.9 Å². The summed E-state index contributed by atoms with van der Waals surface area (Å²) in [5, 5.41) is 3.10. The van der Waals surface area contributed by atoms with Crippen molar-refractivity contribution in [2.24, 2.45) is 0 Å². The van der Waals surface area contributed by atoms with E-state index < -0.39 is 0 Å². The van der Waals surface area contributed by atoms with Gasteiger partial charge in [-0.05, 0) is 59.3 Å². The van der Waals surface area contributed by atoms with E-state index in [-0.39, 0.29) is 11.9 Å². The molecule has 22 heavy (non-hydrogen) atoms. The second-order valence-electron chi connectivity index (χ2n) is 5.34. The molecule has 0 radical (unpaired) electrons. The fourth-order valence-corrected chi connectivity index (χ4v) is 3.06. The Labute approximate surface area is 140 Å². The number of carbonyl (C=O) groups excluding carboxylic acids is 1. The molecular weight excluding hydrogens is 340 g/mol. The molecule has 1 amide bonds. The van der Waals surface area contributed by atoms with Crippen molar-refractivity contribution in [2.75, 3.05) is 0 Å². The molecule has 1 aliphatic rings. The third-order valence-corrected chi connectivity index (χ3v) is 4.30. The zero-order valence-electron chi connectivity index (χ0n) is 12.8. The molecule has 1 unspecified atom stereocenters. The van der Waals surface area contributed by atoms with Crippen molar-refractivity contribution in [1.29, 1.82) is 0 Å². The van der Waals surface area contributed by atoms with Gasteiger partial charge in [-0.15, -0.1) is 0 Å². The Kier molecular flexibility index (Phi) is 6.13. The van der Waals surface area contributed by atoms with Gasteiger partial charge in [0.15, 0.2) is 0 Å². The number of carbonyl (C=O) groups is 1. The summed E-state index contributed by atoms with van der Waals surface area (Å²) in [5.41, 5.74) is 3.24. The van der Waals surface area contributed by atoms with Crippen LogP contribution < -0.4 is 5.32 Å². The quantitative estimate of drug-likeness (QED) is 0.616. The smallest absolute Gasteiger partial charge is 0.270 e. The maximum atomic E-state index is 12.3. The number of halogens is 1. The van der Waals surface area contributed by atoms with E-state index in [1.54, 1.807) is 12.1 Å². The fourth-order valence-electron chi connectivity index (χ4n) is 2.71. The summed E-state index contributed by atoms with van der Waals surface area (Å²) in [4.78, 5) is 16.5. The number of allylic oxidation sites excluding steroid dienone is 4. The van der Waals surface area contributed by atoms with Crippen LogP contribution in [0.3, 0.4) is 0 Å². The summed E-state index contributed by atoms with van der Waals surface area (Å²) in [6.07, 6.45) is 9.80. The van der Waals surface area contributed by atoms with E-state index in [2.05, 4.69) is 45.8 Å². The fraction of sp³-hybridized carbons (Fsp3) is 0.333. The van der Waals surface area contributed by atoms with E-state index in [1.807, 2.05) is 18.2 Å². The van der Waals surface area contributed by atoms with Crippen molar-refractivity contribution in [3.63, 3.8) is 0 Å². The lowest BCUT2D eigenvalue weighted by Crippen LogP contribution is -2.37. The number of nitrogens with one attached hydrogen (secondary N) is 1. The first kappa shape index (κ1) is 16.7. The summed E-state index contributed by atoms with van der Waals surface area (Å²) in [5.74, 6) is -0.113. The van der Waals surface area contributed by atoms with Crippen molar-refractivity contribution in [2.45, 2.75) is 38.6 Å². The Morgan fingerprint density at radius 2 is 2.36 bits per heavy atom. The molecular formula is C18H21BrN2O. The van der Waals surface area contributed by atoms with Gasteiger partial charge >= 0.3 is 0 Å². The van der Waals surface area contributed by atoms with Gasteiger partial charge < -0.3 is 5.32 Å². The number of hydrogen-bond donors (Lipinski definition) is 1. The van der Waals surface area contributed by atoms with Crippen molar-refractivity contribution in [1.82, 2.24) is 10.3 Å². The van der Waals surface area contributed by atoms with Gasteiger partial charge in [-0.2, -0.15) is 0 Å². The predicted molar refractivity (Wildman–Crippen MR) is 93.7 cm³/mol. The zero-order chi connectivity index (χ0) is 15.9. The van der Waals surface area contributed by atoms with Crippen LogP contribution in [-0.2, 0) is 0 Å². The molecule has 1 atom stereocenters. The predicted octanol–water partition coefficient (Wildman–Crippen LogP) is 4.58. The van der Waals surface area contributed by atoms with E-state index in [4.69, 9.17) is 0 Å². The lowest BCUT2D eigenvalue weighted by molar-refractivity contribution is 0.0928. The van der Waals surface area contributed by atoms with E-state index >= 15 is 0 Å². The van der Waals surface area contributed by atoms with E-state index in [1.165, 1.54) is 11.1 Å². The van der Waals surface area contributed by atoms with E-state index in [0.29, 0.717) is 10.3 Å². The summed E-state index contributed by atoms with van der Waals surface area (Å²) < 4.78 is 0.673. The molecule has 0 bridgehead atoms. The number of amides is 1. The molecule has 0 spiro atoms. The molecule has 116 valence electrons. The highest BCUT2D eigenvalue weighted by Crippen LogP contribution is 2.28. The van der Waals surface area contributed by atoms with Crippen LogP contribution in [0.1, 0.15) is 43.1 Å². The summed E-state index contributed by atoms with van der Waals surface area (Å²) in [7, 11) is 0. The van der Waals surface area contributed by atoms with Crippen LogP contribution in [0.2, 0.25) is 0 Å². The average molecular weight is 361 g/mol. The highest BCUT2D eigenvalue weighted by Gasteiger charge is 2.21. The number of nitrogens with zero attached hydrogens (tertiary/aromatic N) is 1. The molecule has 0 aliphatic heterocycles. The Bertz CT molecular complexity index is 619. The van der Waals surface area contributed by atoms with Gasteiger partial charge in [0, 0.05) is 6.04 Å². The summed E-state index contributed by atoms with van der Waals surface area (Å²) in [6, 6.07) is 5.52. The van der Waals surface area contributed by atoms with Crippen LogP contribution >= 0.6 is 15.9 Å². The van der Waals surface area contributed by atoms with Crippen molar-refractivity contribution >= 4 is 21.8 Å². The third-order valence-electron chi connectivity index (χ3n) is 3.86. The van der Waals surface area contributed by atoms with Crippen molar-refractivity contribution in [3.05, 3.63) is 64.4 Å². The van der Waals surface area contributed by atoms with Gasteiger partial charge in [0.2, 0.25) is 0 Å². The minimum atomic E-state index is -0.113. The Balaban J connectivity index is 2.05. The summed E-state index contributed by atoms with van der Waals surface area (Å²) >= 11 is 3.29. The SMILES string of the molecule is C=C/C=C\C1=C(CC)CCC(NC(=O)c2cccc(Br)n2)C1. The van der Waals surface area contributed by atoms with Gasteiger partial charge in [0.25, 0.3) is 5.91 Å². The first-order chi connectivity index (χ1) is 10.6. The molecule has 1 N–H and O–H groups in total. The molecule has 0 fully saturated rings. The second-order valence-corrected chi connectivity index (χ2v) is 6.15.